The van der Waals surface area contributed by atoms with Gasteiger partial charge in [0.15, 0.2) is 6.29 Å². The third kappa shape index (κ3) is 4.44. The number of pyridine rings is 1. The molecule has 3 aromatic carbocycles. The van der Waals surface area contributed by atoms with Crippen molar-refractivity contribution >= 4 is 23.3 Å². The summed E-state index contributed by atoms with van der Waals surface area (Å²) in [4.78, 5) is 29.6. The molecule has 1 fully saturated rings. The summed E-state index contributed by atoms with van der Waals surface area (Å²) in [6.07, 6.45) is 4.77. The van der Waals surface area contributed by atoms with Crippen LogP contribution in [0.15, 0.2) is 83.8 Å². The molecule has 2 N–H and O–H groups in total. The van der Waals surface area contributed by atoms with Gasteiger partial charge in [0.2, 0.25) is 0 Å². The zero-order valence-corrected chi connectivity index (χ0v) is 19.1. The number of aromatic amines is 1. The van der Waals surface area contributed by atoms with E-state index in [1.165, 1.54) is 0 Å². The second-order valence-electron chi connectivity index (χ2n) is 8.55. The maximum atomic E-state index is 13.0. The summed E-state index contributed by atoms with van der Waals surface area (Å²) in [5.74, 6) is 0. The van der Waals surface area contributed by atoms with Crippen LogP contribution < -0.4 is 15.8 Å². The van der Waals surface area contributed by atoms with E-state index in [9.17, 15) is 14.9 Å². The molecular weight excluding hydrogens is 436 g/mol. The lowest BCUT2D eigenvalue weighted by Crippen LogP contribution is -2.24. The highest BCUT2D eigenvalue weighted by Gasteiger charge is 2.23. The minimum Gasteiger partial charge on any atom is -0.369 e. The van der Waals surface area contributed by atoms with Gasteiger partial charge in [-0.2, -0.15) is 5.26 Å². The van der Waals surface area contributed by atoms with Crippen LogP contribution in [0.5, 0.6) is 0 Å². The monoisotopic (exact) mass is 460 g/mol. The lowest BCUT2D eigenvalue weighted by atomic mass is 9.97. The Balaban J connectivity index is 1.60. The molecule has 6 nitrogen and oxygen atoms in total. The molecule has 35 heavy (non-hydrogen) atoms. The van der Waals surface area contributed by atoms with Crippen LogP contribution in [0.25, 0.3) is 22.3 Å². The zero-order valence-electron chi connectivity index (χ0n) is 19.1. The van der Waals surface area contributed by atoms with Crippen molar-refractivity contribution in [3.63, 3.8) is 0 Å². The summed E-state index contributed by atoms with van der Waals surface area (Å²) in [7, 11) is 0. The van der Waals surface area contributed by atoms with Crippen LogP contribution in [0.1, 0.15) is 28.8 Å². The standard InChI is InChI=1S/C29H24N4O2/c30-17-20-6-5-8-24(16-20)32-27-28(33-14-3-4-15-33)26(18-31-29(27)35)22-12-10-21(11-13-22)25-9-2-1-7-23(25)19-34/h1-2,5-13,16,18-19,32H,3-4,14-15H2,(H,31,35). The number of hydrogen-bond donors (Lipinski definition) is 2. The molecule has 0 radical (unpaired) electrons. The van der Waals surface area contributed by atoms with Crippen molar-refractivity contribution in [3.8, 4) is 28.3 Å². The second-order valence-corrected chi connectivity index (χ2v) is 8.55. The normalized spacial score (nSPS) is 12.8. The van der Waals surface area contributed by atoms with Crippen LogP contribution in [0.3, 0.4) is 0 Å². The number of rotatable bonds is 6. The Morgan fingerprint density at radius 1 is 0.914 bits per heavy atom. The van der Waals surface area contributed by atoms with Crippen molar-refractivity contribution < 1.29 is 4.79 Å². The van der Waals surface area contributed by atoms with Gasteiger partial charge in [0.25, 0.3) is 5.56 Å². The number of carbonyl (C=O) groups is 1. The molecule has 4 aromatic rings. The van der Waals surface area contributed by atoms with Crippen LogP contribution >= 0.6 is 0 Å². The summed E-state index contributed by atoms with van der Waals surface area (Å²) in [5.41, 5.74) is 6.69. The number of nitriles is 1. The first-order valence-electron chi connectivity index (χ1n) is 11.6. The van der Waals surface area contributed by atoms with Gasteiger partial charge in [0.05, 0.1) is 17.3 Å². The molecule has 6 heteroatoms. The fourth-order valence-electron chi connectivity index (χ4n) is 4.63. The van der Waals surface area contributed by atoms with E-state index in [1.807, 2.05) is 54.6 Å². The highest BCUT2D eigenvalue weighted by molar-refractivity contribution is 5.91. The molecule has 1 saturated heterocycles. The van der Waals surface area contributed by atoms with E-state index in [-0.39, 0.29) is 5.56 Å². The Labute approximate surface area is 203 Å². The molecule has 2 heterocycles. The zero-order chi connectivity index (χ0) is 24.2. The number of nitrogens with one attached hydrogen (secondary N) is 2. The fourth-order valence-corrected chi connectivity index (χ4v) is 4.63. The largest absolute Gasteiger partial charge is 0.369 e. The number of benzene rings is 3. The van der Waals surface area contributed by atoms with E-state index in [2.05, 4.69) is 21.3 Å². The molecule has 1 aliphatic rings. The van der Waals surface area contributed by atoms with Crippen LogP contribution in [-0.4, -0.2) is 24.4 Å². The molecule has 0 unspecified atom stereocenters. The average molecular weight is 461 g/mol. The van der Waals surface area contributed by atoms with Gasteiger partial charge in [-0.15, -0.1) is 0 Å². The molecule has 0 atom stereocenters. The molecule has 0 aliphatic carbocycles. The van der Waals surface area contributed by atoms with Crippen molar-refractivity contribution in [2.45, 2.75) is 12.8 Å². The van der Waals surface area contributed by atoms with E-state index in [0.717, 1.165) is 60.2 Å². The third-order valence-corrected chi connectivity index (χ3v) is 6.34. The minimum absolute atomic E-state index is 0.213. The maximum Gasteiger partial charge on any atom is 0.273 e. The van der Waals surface area contributed by atoms with Gasteiger partial charge in [-0.25, -0.2) is 0 Å². The molecule has 0 spiro atoms. The van der Waals surface area contributed by atoms with E-state index < -0.39 is 0 Å². The summed E-state index contributed by atoms with van der Waals surface area (Å²) >= 11 is 0. The van der Waals surface area contributed by atoms with E-state index >= 15 is 0 Å². The Bertz CT molecular complexity index is 1480. The predicted molar refractivity (Wildman–Crippen MR) is 139 cm³/mol. The molecule has 0 bridgehead atoms. The minimum atomic E-state index is -0.213. The Morgan fingerprint density at radius 3 is 2.34 bits per heavy atom. The molecule has 1 aliphatic heterocycles. The summed E-state index contributed by atoms with van der Waals surface area (Å²) < 4.78 is 0. The van der Waals surface area contributed by atoms with Crippen LogP contribution in [-0.2, 0) is 0 Å². The van der Waals surface area contributed by atoms with Gasteiger partial charge >= 0.3 is 0 Å². The Kier molecular flexibility index (Phi) is 6.15. The smallest absolute Gasteiger partial charge is 0.273 e. The van der Waals surface area contributed by atoms with Crippen molar-refractivity contribution in [3.05, 3.63) is 100 Å². The van der Waals surface area contributed by atoms with Crippen LogP contribution in [0, 0.1) is 11.3 Å². The topological polar surface area (TPSA) is 89.0 Å². The Morgan fingerprint density at radius 2 is 1.63 bits per heavy atom. The van der Waals surface area contributed by atoms with Crippen molar-refractivity contribution in [2.24, 2.45) is 0 Å². The van der Waals surface area contributed by atoms with E-state index in [1.54, 1.807) is 24.4 Å². The molecule has 0 saturated carbocycles. The number of H-pyrrole nitrogens is 1. The molecule has 172 valence electrons. The van der Waals surface area contributed by atoms with Crippen LogP contribution in [0.4, 0.5) is 17.1 Å². The third-order valence-electron chi connectivity index (χ3n) is 6.34. The van der Waals surface area contributed by atoms with E-state index in [0.29, 0.717) is 22.5 Å². The number of aromatic nitrogens is 1. The van der Waals surface area contributed by atoms with Gasteiger partial charge in [0, 0.05) is 36.1 Å². The van der Waals surface area contributed by atoms with Gasteiger partial charge < -0.3 is 15.2 Å². The van der Waals surface area contributed by atoms with Crippen LogP contribution in [0.2, 0.25) is 0 Å². The number of anilines is 3. The predicted octanol–water partition coefficient (Wildman–Crippen LogP) is 5.74. The summed E-state index contributed by atoms with van der Waals surface area (Å²) in [6.45, 7) is 1.74. The SMILES string of the molecule is N#Cc1cccc(Nc2c(N3CCCC3)c(-c3ccc(-c4ccccc4C=O)cc3)c[nH]c2=O)c1. The van der Waals surface area contributed by atoms with E-state index in [4.69, 9.17) is 0 Å². The maximum absolute atomic E-state index is 13.0. The first kappa shape index (κ1) is 22.2. The molecule has 5 rings (SSSR count). The van der Waals surface area contributed by atoms with Gasteiger partial charge in [-0.1, -0.05) is 54.6 Å². The molecule has 1 aromatic heterocycles. The summed E-state index contributed by atoms with van der Waals surface area (Å²) in [6, 6.07) is 24.8. The highest BCUT2D eigenvalue weighted by atomic mass is 16.1. The molecular formula is C29H24N4O2. The first-order valence-corrected chi connectivity index (χ1v) is 11.6. The molecule has 0 amide bonds. The van der Waals surface area contributed by atoms with Gasteiger partial charge in [-0.05, 0) is 47.7 Å². The number of hydrogen-bond acceptors (Lipinski definition) is 5. The Hall–Kier alpha value is -4.63. The van der Waals surface area contributed by atoms with Gasteiger partial charge in [0.1, 0.15) is 5.69 Å². The number of carbonyl (C=O) groups excluding carboxylic acids is 1. The van der Waals surface area contributed by atoms with Crippen molar-refractivity contribution in [1.82, 2.24) is 4.98 Å². The lowest BCUT2D eigenvalue weighted by molar-refractivity contribution is 0.112. The quantitative estimate of drug-likeness (QED) is 0.358. The first-order chi connectivity index (χ1) is 17.2. The highest BCUT2D eigenvalue weighted by Crippen LogP contribution is 2.38. The number of nitrogens with zero attached hydrogens (tertiary/aromatic N) is 2. The fraction of sp³-hybridized carbons (Fsp3) is 0.138. The average Bonchev–Trinajstić information content (AvgIpc) is 3.44. The number of aldehydes is 1. The van der Waals surface area contributed by atoms with Crippen molar-refractivity contribution in [2.75, 3.05) is 23.3 Å². The van der Waals surface area contributed by atoms with Gasteiger partial charge in [-0.3, -0.25) is 9.59 Å². The lowest BCUT2D eigenvalue weighted by Gasteiger charge is -2.25. The second kappa shape index (κ2) is 9.70. The van der Waals surface area contributed by atoms with Crippen molar-refractivity contribution in [1.29, 1.82) is 5.26 Å². The summed E-state index contributed by atoms with van der Waals surface area (Å²) in [5, 5.41) is 12.5.